The van der Waals surface area contributed by atoms with Crippen LogP contribution in [0.15, 0.2) is 72.3 Å². The number of aryl methyl sites for hydroxylation is 1. The lowest BCUT2D eigenvalue weighted by Gasteiger charge is -2.35. The number of likely N-dealkylation sites (tertiary alicyclic amines) is 1. The standard InChI is InChI=1S/C35H38N2O5/c1-23-8-10-24(11-9-23)26-14-17-31-28(21-26)22-27(18-20-41-31)33(39)36-29-15-12-25(13-16-29)32(38)30-7-5-6-19-37(30)34(40)42-35(2,3)4/h8-17,21-22,30H,5-7,18-20H2,1-4H3,(H,36,39). The smallest absolute Gasteiger partial charge is 0.410 e. The van der Waals surface area contributed by atoms with Crippen LogP contribution >= 0.6 is 0 Å². The molecule has 1 N–H and O–H groups in total. The molecule has 42 heavy (non-hydrogen) atoms. The predicted octanol–water partition coefficient (Wildman–Crippen LogP) is 7.44. The van der Waals surface area contributed by atoms with Crippen molar-refractivity contribution in [2.45, 2.75) is 65.0 Å². The Kier molecular flexibility index (Phi) is 8.48. The zero-order valence-electron chi connectivity index (χ0n) is 24.7. The maximum Gasteiger partial charge on any atom is 0.410 e. The van der Waals surface area contributed by atoms with Gasteiger partial charge in [-0.05, 0) is 101 Å². The highest BCUT2D eigenvalue weighted by molar-refractivity contribution is 6.07. The van der Waals surface area contributed by atoms with Crippen molar-refractivity contribution in [3.63, 3.8) is 0 Å². The highest BCUT2D eigenvalue weighted by atomic mass is 16.6. The SMILES string of the molecule is Cc1ccc(-c2ccc3c(c2)C=C(C(=O)Nc2ccc(C(=O)C4CCCCN4C(=O)OC(C)(C)C)cc2)CCO3)cc1. The molecule has 7 nitrogen and oxygen atoms in total. The van der Waals surface area contributed by atoms with Gasteiger partial charge in [-0.15, -0.1) is 0 Å². The highest BCUT2D eigenvalue weighted by Crippen LogP contribution is 2.32. The Balaban J connectivity index is 1.28. The molecular formula is C35H38N2O5. The Hall–Kier alpha value is -4.39. The van der Waals surface area contributed by atoms with E-state index in [9.17, 15) is 14.4 Å². The average molecular weight is 567 g/mol. The number of hydrogen-bond acceptors (Lipinski definition) is 5. The van der Waals surface area contributed by atoms with Gasteiger partial charge in [0.05, 0.1) is 12.6 Å². The van der Waals surface area contributed by atoms with Crippen molar-refractivity contribution in [2.75, 3.05) is 18.5 Å². The molecule has 0 aromatic heterocycles. The summed E-state index contributed by atoms with van der Waals surface area (Å²) in [6.45, 7) is 8.41. The first kappa shape index (κ1) is 29.1. The fourth-order valence-corrected chi connectivity index (χ4v) is 5.29. The van der Waals surface area contributed by atoms with Gasteiger partial charge in [0.1, 0.15) is 11.4 Å². The van der Waals surface area contributed by atoms with Crippen LogP contribution in [0, 0.1) is 6.92 Å². The molecule has 2 aliphatic rings. The van der Waals surface area contributed by atoms with E-state index in [-0.39, 0.29) is 11.7 Å². The molecule has 2 aliphatic heterocycles. The molecule has 0 saturated carbocycles. The molecule has 218 valence electrons. The number of nitrogens with zero attached hydrogens (tertiary/aromatic N) is 1. The quantitative estimate of drug-likeness (QED) is 0.325. The third-order valence-electron chi connectivity index (χ3n) is 7.51. The maximum absolute atomic E-state index is 13.4. The van der Waals surface area contributed by atoms with Crippen LogP contribution in [-0.4, -0.2) is 47.5 Å². The lowest BCUT2D eigenvalue weighted by Crippen LogP contribution is -2.49. The van der Waals surface area contributed by atoms with Gasteiger partial charge in [0.25, 0.3) is 5.91 Å². The molecule has 2 heterocycles. The van der Waals surface area contributed by atoms with E-state index in [4.69, 9.17) is 9.47 Å². The van der Waals surface area contributed by atoms with E-state index in [2.05, 4.69) is 36.5 Å². The van der Waals surface area contributed by atoms with E-state index in [1.165, 1.54) is 5.56 Å². The summed E-state index contributed by atoms with van der Waals surface area (Å²) in [5.41, 5.74) is 5.28. The molecular weight excluding hydrogens is 528 g/mol. The van der Waals surface area contributed by atoms with Gasteiger partial charge in [-0.3, -0.25) is 14.5 Å². The van der Waals surface area contributed by atoms with Crippen molar-refractivity contribution in [1.29, 1.82) is 0 Å². The number of Topliss-reactive ketones (excluding diaryl/α,β-unsaturated/α-hetero) is 1. The maximum atomic E-state index is 13.4. The number of benzene rings is 3. The number of anilines is 1. The van der Waals surface area contributed by atoms with Gasteiger partial charge < -0.3 is 14.8 Å². The van der Waals surface area contributed by atoms with E-state index >= 15 is 0 Å². The van der Waals surface area contributed by atoms with Crippen LogP contribution in [0.25, 0.3) is 17.2 Å². The first-order valence-electron chi connectivity index (χ1n) is 14.6. The normalized spacial score (nSPS) is 16.8. The largest absolute Gasteiger partial charge is 0.493 e. The Bertz CT molecular complexity index is 1500. The molecule has 1 unspecified atom stereocenters. The van der Waals surface area contributed by atoms with Crippen molar-refractivity contribution in [3.8, 4) is 16.9 Å². The van der Waals surface area contributed by atoms with Gasteiger partial charge in [0, 0.05) is 35.4 Å². The topological polar surface area (TPSA) is 84.9 Å². The molecule has 0 bridgehead atoms. The van der Waals surface area contributed by atoms with E-state index < -0.39 is 17.7 Å². The number of ether oxygens (including phenoxy) is 2. The minimum atomic E-state index is -0.633. The van der Waals surface area contributed by atoms with Gasteiger partial charge in [-0.2, -0.15) is 0 Å². The first-order valence-corrected chi connectivity index (χ1v) is 14.6. The number of carbonyl (C=O) groups excluding carboxylic acids is 3. The summed E-state index contributed by atoms with van der Waals surface area (Å²) in [5, 5.41) is 2.96. The number of rotatable bonds is 5. The molecule has 7 heteroatoms. The van der Waals surface area contributed by atoms with Crippen LogP contribution in [0.1, 0.15) is 67.9 Å². The van der Waals surface area contributed by atoms with Crippen LogP contribution in [0.5, 0.6) is 5.75 Å². The number of carbonyl (C=O) groups is 3. The summed E-state index contributed by atoms with van der Waals surface area (Å²) in [6.07, 6.45) is 4.21. The lowest BCUT2D eigenvalue weighted by atomic mass is 9.94. The predicted molar refractivity (Wildman–Crippen MR) is 165 cm³/mol. The molecule has 0 spiro atoms. The van der Waals surface area contributed by atoms with E-state index in [1.54, 1.807) is 29.2 Å². The van der Waals surface area contributed by atoms with Gasteiger partial charge in [-0.25, -0.2) is 4.79 Å². The second-order valence-electron chi connectivity index (χ2n) is 12.0. The van der Waals surface area contributed by atoms with Gasteiger partial charge >= 0.3 is 6.09 Å². The summed E-state index contributed by atoms with van der Waals surface area (Å²) in [5.74, 6) is 0.414. The molecule has 3 aromatic rings. The number of hydrogen-bond donors (Lipinski definition) is 1. The van der Waals surface area contributed by atoms with Crippen LogP contribution in [0.4, 0.5) is 10.5 Å². The molecule has 1 fully saturated rings. The van der Waals surface area contributed by atoms with E-state index in [1.807, 2.05) is 45.0 Å². The number of piperidine rings is 1. The van der Waals surface area contributed by atoms with Gasteiger partial charge in [-0.1, -0.05) is 35.9 Å². The zero-order valence-corrected chi connectivity index (χ0v) is 24.7. The van der Waals surface area contributed by atoms with Crippen molar-refractivity contribution >= 4 is 29.5 Å². The van der Waals surface area contributed by atoms with Crippen LogP contribution in [0.3, 0.4) is 0 Å². The molecule has 2 amide bonds. The van der Waals surface area contributed by atoms with Crippen molar-refractivity contribution < 1.29 is 23.9 Å². The summed E-state index contributed by atoms with van der Waals surface area (Å²) in [7, 11) is 0. The third-order valence-corrected chi connectivity index (χ3v) is 7.51. The second-order valence-corrected chi connectivity index (χ2v) is 12.0. The monoisotopic (exact) mass is 566 g/mol. The Labute approximate surface area is 247 Å². The first-order chi connectivity index (χ1) is 20.1. The number of ketones is 1. The molecule has 0 aliphatic carbocycles. The van der Waals surface area contributed by atoms with Crippen LogP contribution in [0.2, 0.25) is 0 Å². The highest BCUT2D eigenvalue weighted by Gasteiger charge is 2.35. The van der Waals surface area contributed by atoms with Crippen molar-refractivity contribution in [2.24, 2.45) is 0 Å². The molecule has 1 atom stereocenters. The second kappa shape index (κ2) is 12.2. The van der Waals surface area contributed by atoms with E-state index in [0.29, 0.717) is 42.8 Å². The van der Waals surface area contributed by atoms with Crippen LogP contribution < -0.4 is 10.1 Å². The van der Waals surface area contributed by atoms with Gasteiger partial charge in [0.15, 0.2) is 5.78 Å². The summed E-state index contributed by atoms with van der Waals surface area (Å²) < 4.78 is 11.5. The summed E-state index contributed by atoms with van der Waals surface area (Å²) in [4.78, 5) is 41.0. The summed E-state index contributed by atoms with van der Waals surface area (Å²) in [6, 6.07) is 20.7. The third kappa shape index (κ3) is 6.90. The number of fused-ring (bicyclic) bond motifs is 1. The average Bonchev–Trinajstić information content (AvgIpc) is 3.19. The number of nitrogens with one attached hydrogen (secondary N) is 1. The molecule has 3 aromatic carbocycles. The van der Waals surface area contributed by atoms with Gasteiger partial charge in [0.2, 0.25) is 0 Å². The van der Waals surface area contributed by atoms with Crippen molar-refractivity contribution in [1.82, 2.24) is 4.90 Å². The zero-order chi connectivity index (χ0) is 29.9. The minimum Gasteiger partial charge on any atom is -0.493 e. The minimum absolute atomic E-state index is 0.122. The fraction of sp³-hybridized carbons (Fsp3) is 0.343. The van der Waals surface area contributed by atoms with E-state index in [0.717, 1.165) is 35.3 Å². The fourth-order valence-electron chi connectivity index (χ4n) is 5.29. The van der Waals surface area contributed by atoms with Crippen molar-refractivity contribution in [3.05, 3.63) is 89.0 Å². The Morgan fingerprint density at radius 1 is 0.929 bits per heavy atom. The lowest BCUT2D eigenvalue weighted by molar-refractivity contribution is -0.113. The molecule has 5 rings (SSSR count). The molecule has 1 saturated heterocycles. The number of amides is 2. The van der Waals surface area contributed by atoms with Crippen LogP contribution in [-0.2, 0) is 9.53 Å². The molecule has 0 radical (unpaired) electrons. The summed E-state index contributed by atoms with van der Waals surface area (Å²) >= 11 is 0. The Morgan fingerprint density at radius 3 is 2.36 bits per heavy atom. The Morgan fingerprint density at radius 2 is 1.64 bits per heavy atom.